The van der Waals surface area contributed by atoms with E-state index >= 15 is 0 Å². The van der Waals surface area contributed by atoms with Gasteiger partial charge in [0.15, 0.2) is 17.5 Å². The number of hydrogen-bond acceptors (Lipinski definition) is 6. The zero-order valence-electron chi connectivity index (χ0n) is 27.1. The minimum Gasteiger partial charge on any atom is -0.456 e. The van der Waals surface area contributed by atoms with Crippen molar-refractivity contribution in [2.24, 2.45) is 14.1 Å². The summed E-state index contributed by atoms with van der Waals surface area (Å²) in [5.74, 6) is 1.73. The van der Waals surface area contributed by atoms with Gasteiger partial charge in [0, 0.05) is 52.3 Å². The second-order valence-electron chi connectivity index (χ2n) is 12.6. The predicted molar refractivity (Wildman–Crippen MR) is 198 cm³/mol. The van der Waals surface area contributed by atoms with Gasteiger partial charge in [-0.2, -0.15) is 0 Å². The highest BCUT2D eigenvalue weighted by Crippen LogP contribution is 2.38. The largest absolute Gasteiger partial charge is 0.456 e. The van der Waals surface area contributed by atoms with Crippen molar-refractivity contribution in [1.29, 1.82) is 0 Å². The fraction of sp³-hybridized carbons (Fsp3) is 0.0476. The van der Waals surface area contributed by atoms with E-state index in [-0.39, 0.29) is 5.69 Å². The smallest absolute Gasteiger partial charge is 0.328 e. The standard InChI is InChI=1S/C42H27N5O3/c1-46-33-18-16-27(21-34(33)47(2)42(46)48)24-12-14-26(15-13-24)40-43-39(25-8-4-3-5-9-25)44-41(45-40)28-17-19-36-30(20-28)32-23-37-31(22-38(32)50-36)29-10-6-7-11-35(29)49-37/h3-23H,1-2H3. The zero-order valence-corrected chi connectivity index (χ0v) is 27.1. The molecule has 50 heavy (non-hydrogen) atoms. The summed E-state index contributed by atoms with van der Waals surface area (Å²) in [6.07, 6.45) is 0. The van der Waals surface area contributed by atoms with Crippen LogP contribution >= 0.6 is 0 Å². The molecule has 0 unspecified atom stereocenters. The van der Waals surface area contributed by atoms with Crippen molar-refractivity contribution in [3.63, 3.8) is 0 Å². The van der Waals surface area contributed by atoms with E-state index in [1.54, 1.807) is 23.2 Å². The second kappa shape index (κ2) is 10.6. The summed E-state index contributed by atoms with van der Waals surface area (Å²) < 4.78 is 15.9. The molecule has 8 nitrogen and oxygen atoms in total. The van der Waals surface area contributed by atoms with Crippen molar-refractivity contribution in [2.45, 2.75) is 0 Å². The van der Waals surface area contributed by atoms with Crippen molar-refractivity contribution in [3.05, 3.63) is 138 Å². The first-order chi connectivity index (χ1) is 24.5. The van der Waals surface area contributed by atoms with Crippen LogP contribution in [0.3, 0.4) is 0 Å². The number of benzene rings is 6. The molecule has 8 heteroatoms. The molecule has 0 aliphatic rings. The number of imidazole rings is 1. The van der Waals surface area contributed by atoms with Crippen LogP contribution in [0.1, 0.15) is 0 Å². The van der Waals surface area contributed by atoms with E-state index in [2.05, 4.69) is 42.5 Å². The summed E-state index contributed by atoms with van der Waals surface area (Å²) in [5.41, 5.74) is 9.65. The van der Waals surface area contributed by atoms with Gasteiger partial charge < -0.3 is 8.83 Å². The molecule has 10 rings (SSSR count). The molecular formula is C42H27N5O3. The molecule has 0 atom stereocenters. The molecule has 6 aromatic carbocycles. The third-order valence-corrected chi connectivity index (χ3v) is 9.64. The summed E-state index contributed by atoms with van der Waals surface area (Å²) in [5, 5.41) is 4.02. The lowest BCUT2D eigenvalue weighted by atomic mass is 10.0. The minimum atomic E-state index is -0.0454. The Balaban J connectivity index is 1.09. The summed E-state index contributed by atoms with van der Waals surface area (Å²) >= 11 is 0. The Morgan fingerprint density at radius 1 is 0.420 bits per heavy atom. The number of furan rings is 2. The van der Waals surface area contributed by atoms with Crippen LogP contribution in [0.25, 0.3) is 100 Å². The first-order valence-corrected chi connectivity index (χ1v) is 16.3. The lowest BCUT2D eigenvalue weighted by Crippen LogP contribution is -2.19. The van der Waals surface area contributed by atoms with Gasteiger partial charge in [-0.15, -0.1) is 0 Å². The molecule has 4 heterocycles. The van der Waals surface area contributed by atoms with Crippen LogP contribution in [0.15, 0.2) is 141 Å². The fourth-order valence-corrected chi connectivity index (χ4v) is 6.98. The van der Waals surface area contributed by atoms with E-state index in [1.165, 1.54) is 0 Å². The van der Waals surface area contributed by atoms with Crippen LogP contribution in [0.4, 0.5) is 0 Å². The molecule has 0 saturated carbocycles. The molecule has 10 aromatic rings. The van der Waals surface area contributed by atoms with Gasteiger partial charge in [0.05, 0.1) is 11.0 Å². The maximum absolute atomic E-state index is 12.5. The molecule has 4 aromatic heterocycles. The van der Waals surface area contributed by atoms with Gasteiger partial charge in [-0.3, -0.25) is 9.13 Å². The Hall–Kier alpha value is -6.80. The predicted octanol–water partition coefficient (Wildman–Crippen LogP) is 9.53. The summed E-state index contributed by atoms with van der Waals surface area (Å²) in [7, 11) is 3.59. The second-order valence-corrected chi connectivity index (χ2v) is 12.6. The molecule has 0 aliphatic heterocycles. The van der Waals surface area contributed by atoms with Gasteiger partial charge in [-0.05, 0) is 59.7 Å². The normalized spacial score (nSPS) is 11.9. The Bertz CT molecular complexity index is 3020. The van der Waals surface area contributed by atoms with E-state index in [0.717, 1.165) is 82.7 Å². The van der Waals surface area contributed by atoms with Crippen LogP contribution in [0.2, 0.25) is 0 Å². The van der Waals surface area contributed by atoms with Gasteiger partial charge >= 0.3 is 5.69 Å². The highest BCUT2D eigenvalue weighted by molar-refractivity contribution is 6.15. The SMILES string of the molecule is Cn1c(=O)n(C)c2cc(-c3ccc(-c4nc(-c5ccccc5)nc(-c5ccc6oc7cc8c(cc7c6c5)oc5ccccc58)n4)cc3)ccc21. The Labute approximate surface area is 284 Å². The van der Waals surface area contributed by atoms with Crippen LogP contribution < -0.4 is 5.69 Å². The van der Waals surface area contributed by atoms with Crippen molar-refractivity contribution in [3.8, 4) is 45.3 Å². The number of hydrogen-bond donors (Lipinski definition) is 0. The molecule has 0 aliphatic carbocycles. The Morgan fingerprint density at radius 3 is 1.68 bits per heavy atom. The monoisotopic (exact) mass is 649 g/mol. The van der Waals surface area contributed by atoms with Crippen LogP contribution in [-0.2, 0) is 14.1 Å². The molecule has 0 saturated heterocycles. The van der Waals surface area contributed by atoms with Crippen molar-refractivity contribution in [2.75, 3.05) is 0 Å². The molecule has 0 spiro atoms. The highest BCUT2D eigenvalue weighted by Gasteiger charge is 2.17. The third-order valence-electron chi connectivity index (χ3n) is 9.64. The maximum atomic E-state index is 12.5. The molecular weight excluding hydrogens is 622 g/mol. The van der Waals surface area contributed by atoms with Crippen LogP contribution in [0, 0.1) is 0 Å². The Kier molecular flexibility index (Phi) is 5.99. The molecule has 238 valence electrons. The lowest BCUT2D eigenvalue weighted by Gasteiger charge is -2.09. The number of nitrogens with zero attached hydrogens (tertiary/aromatic N) is 5. The molecule has 0 fully saturated rings. The quantitative estimate of drug-likeness (QED) is 0.189. The Morgan fingerprint density at radius 2 is 0.940 bits per heavy atom. The van der Waals surface area contributed by atoms with E-state index in [1.807, 2.05) is 84.9 Å². The third kappa shape index (κ3) is 4.32. The van der Waals surface area contributed by atoms with E-state index in [0.29, 0.717) is 17.5 Å². The number of rotatable bonds is 4. The first-order valence-electron chi connectivity index (χ1n) is 16.3. The van der Waals surface area contributed by atoms with Crippen LogP contribution in [0.5, 0.6) is 0 Å². The lowest BCUT2D eigenvalue weighted by molar-refractivity contribution is 0.664. The number of aromatic nitrogens is 5. The van der Waals surface area contributed by atoms with Crippen LogP contribution in [-0.4, -0.2) is 24.1 Å². The topological polar surface area (TPSA) is 91.9 Å². The summed E-state index contributed by atoms with van der Waals surface area (Å²) in [6, 6.07) is 42.4. The summed E-state index contributed by atoms with van der Waals surface area (Å²) in [4.78, 5) is 27.4. The van der Waals surface area contributed by atoms with E-state index in [4.69, 9.17) is 23.8 Å². The summed E-state index contributed by atoms with van der Waals surface area (Å²) in [6.45, 7) is 0. The maximum Gasteiger partial charge on any atom is 0.328 e. The average Bonchev–Trinajstić information content (AvgIpc) is 3.79. The molecule has 0 radical (unpaired) electrons. The van der Waals surface area contributed by atoms with Crippen molar-refractivity contribution in [1.82, 2.24) is 24.1 Å². The van der Waals surface area contributed by atoms with Crippen molar-refractivity contribution < 1.29 is 8.83 Å². The van der Waals surface area contributed by atoms with Gasteiger partial charge in [0.1, 0.15) is 22.3 Å². The number of aryl methyl sites for hydroxylation is 2. The first kappa shape index (κ1) is 28.2. The average molecular weight is 650 g/mol. The highest BCUT2D eigenvalue weighted by atomic mass is 16.3. The number of fused-ring (bicyclic) bond motifs is 7. The molecule has 0 bridgehead atoms. The van der Waals surface area contributed by atoms with E-state index in [9.17, 15) is 4.79 Å². The zero-order chi connectivity index (χ0) is 33.5. The fourth-order valence-electron chi connectivity index (χ4n) is 6.98. The van der Waals surface area contributed by atoms with Gasteiger partial charge in [0.2, 0.25) is 0 Å². The van der Waals surface area contributed by atoms with Crippen molar-refractivity contribution >= 4 is 54.9 Å². The minimum absolute atomic E-state index is 0.0454. The van der Waals surface area contributed by atoms with E-state index < -0.39 is 0 Å². The number of para-hydroxylation sites is 1. The van der Waals surface area contributed by atoms with Gasteiger partial charge in [-0.25, -0.2) is 19.7 Å². The van der Waals surface area contributed by atoms with Gasteiger partial charge in [0.25, 0.3) is 0 Å². The van der Waals surface area contributed by atoms with Gasteiger partial charge in [-0.1, -0.05) is 78.9 Å². The molecule has 0 amide bonds. The molecule has 0 N–H and O–H groups in total.